The number of rotatable bonds is 4. The molecular formula is C14H11ClF2N2OS. The molecule has 7 heteroatoms. The molecule has 3 nitrogen and oxygen atoms in total. The molecule has 0 unspecified atom stereocenters. The number of nitrogens with one attached hydrogen (secondary N) is 1. The second kappa shape index (κ2) is 6.78. The van der Waals surface area contributed by atoms with Gasteiger partial charge in [-0.2, -0.15) is 0 Å². The van der Waals surface area contributed by atoms with Gasteiger partial charge in [0, 0.05) is 10.6 Å². The zero-order chi connectivity index (χ0) is 15.4. The predicted octanol–water partition coefficient (Wildman–Crippen LogP) is 3.93. The topological polar surface area (TPSA) is 55.1 Å². The molecule has 1 amide bonds. The SMILES string of the molecule is Nc1ccc(SCC(=O)Nc2c(F)cccc2F)c(Cl)c1. The molecule has 110 valence electrons. The first-order valence-corrected chi connectivity index (χ1v) is 7.25. The van der Waals surface area contributed by atoms with Crippen LogP contribution in [0.1, 0.15) is 0 Å². The molecule has 0 aliphatic heterocycles. The number of para-hydroxylation sites is 1. The summed E-state index contributed by atoms with van der Waals surface area (Å²) in [7, 11) is 0. The van der Waals surface area contributed by atoms with Gasteiger partial charge in [0.1, 0.15) is 17.3 Å². The summed E-state index contributed by atoms with van der Waals surface area (Å²) in [6.45, 7) is 0. The third-order valence-electron chi connectivity index (χ3n) is 2.54. The van der Waals surface area contributed by atoms with Crippen molar-refractivity contribution in [1.29, 1.82) is 0 Å². The highest BCUT2D eigenvalue weighted by Gasteiger charge is 2.12. The van der Waals surface area contributed by atoms with Crippen molar-refractivity contribution in [2.45, 2.75) is 4.90 Å². The Hall–Kier alpha value is -1.79. The first-order chi connectivity index (χ1) is 9.97. The molecule has 0 aliphatic carbocycles. The lowest BCUT2D eigenvalue weighted by Gasteiger charge is -2.08. The average Bonchev–Trinajstić information content (AvgIpc) is 2.42. The van der Waals surface area contributed by atoms with Gasteiger partial charge in [-0.1, -0.05) is 17.7 Å². The number of hydrogen-bond donors (Lipinski definition) is 2. The van der Waals surface area contributed by atoms with E-state index in [0.29, 0.717) is 15.6 Å². The van der Waals surface area contributed by atoms with Crippen LogP contribution in [0.3, 0.4) is 0 Å². The molecule has 0 saturated carbocycles. The number of halogens is 3. The van der Waals surface area contributed by atoms with Gasteiger partial charge >= 0.3 is 0 Å². The minimum absolute atomic E-state index is 0.0303. The molecule has 0 bridgehead atoms. The highest BCUT2D eigenvalue weighted by Crippen LogP contribution is 2.29. The smallest absolute Gasteiger partial charge is 0.234 e. The lowest BCUT2D eigenvalue weighted by Crippen LogP contribution is -2.16. The number of anilines is 2. The molecule has 0 aliphatic rings. The summed E-state index contributed by atoms with van der Waals surface area (Å²) < 4.78 is 26.8. The van der Waals surface area contributed by atoms with Crippen LogP contribution in [-0.2, 0) is 4.79 Å². The van der Waals surface area contributed by atoms with Gasteiger partial charge in [0.05, 0.1) is 10.8 Å². The van der Waals surface area contributed by atoms with Gasteiger partial charge in [0.25, 0.3) is 0 Å². The number of thioether (sulfide) groups is 1. The van der Waals surface area contributed by atoms with Crippen molar-refractivity contribution in [2.24, 2.45) is 0 Å². The van der Waals surface area contributed by atoms with E-state index in [0.717, 1.165) is 23.9 Å². The van der Waals surface area contributed by atoms with Gasteiger partial charge in [-0.25, -0.2) is 8.78 Å². The number of hydrogen-bond acceptors (Lipinski definition) is 3. The molecule has 0 saturated heterocycles. The number of carbonyl (C=O) groups excluding carboxylic acids is 1. The standard InChI is InChI=1S/C14H11ClF2N2OS/c15-9-6-8(18)4-5-12(9)21-7-13(20)19-14-10(16)2-1-3-11(14)17/h1-6H,7,18H2,(H,19,20). The van der Waals surface area contributed by atoms with E-state index in [1.54, 1.807) is 18.2 Å². The zero-order valence-corrected chi connectivity index (χ0v) is 12.3. The van der Waals surface area contributed by atoms with E-state index in [4.69, 9.17) is 17.3 Å². The summed E-state index contributed by atoms with van der Waals surface area (Å²) in [5.41, 5.74) is 5.63. The molecule has 0 atom stereocenters. The summed E-state index contributed by atoms with van der Waals surface area (Å²) in [6.07, 6.45) is 0. The van der Waals surface area contributed by atoms with Crippen LogP contribution in [0.15, 0.2) is 41.3 Å². The van der Waals surface area contributed by atoms with E-state index in [1.807, 2.05) is 0 Å². The molecule has 0 radical (unpaired) electrons. The third kappa shape index (κ3) is 4.09. The maximum absolute atomic E-state index is 13.4. The summed E-state index contributed by atoms with van der Waals surface area (Å²) in [6, 6.07) is 8.27. The van der Waals surface area contributed by atoms with Crippen LogP contribution in [0, 0.1) is 11.6 Å². The Morgan fingerprint density at radius 2 is 1.90 bits per heavy atom. The average molecular weight is 329 g/mol. The van der Waals surface area contributed by atoms with Crippen molar-refractivity contribution in [3.05, 3.63) is 53.1 Å². The molecule has 2 rings (SSSR count). The monoisotopic (exact) mass is 328 g/mol. The lowest BCUT2D eigenvalue weighted by atomic mass is 10.3. The lowest BCUT2D eigenvalue weighted by molar-refractivity contribution is -0.113. The van der Waals surface area contributed by atoms with Crippen LogP contribution in [0.4, 0.5) is 20.2 Å². The van der Waals surface area contributed by atoms with Crippen molar-refractivity contribution in [1.82, 2.24) is 0 Å². The van der Waals surface area contributed by atoms with Crippen LogP contribution in [-0.4, -0.2) is 11.7 Å². The number of carbonyl (C=O) groups is 1. The molecule has 21 heavy (non-hydrogen) atoms. The maximum atomic E-state index is 13.4. The van der Waals surface area contributed by atoms with E-state index < -0.39 is 23.2 Å². The Morgan fingerprint density at radius 1 is 1.24 bits per heavy atom. The summed E-state index contributed by atoms with van der Waals surface area (Å²) in [4.78, 5) is 12.4. The maximum Gasteiger partial charge on any atom is 0.234 e. The van der Waals surface area contributed by atoms with Crippen molar-refractivity contribution >= 4 is 40.6 Å². The van der Waals surface area contributed by atoms with Crippen LogP contribution in [0.2, 0.25) is 5.02 Å². The normalized spacial score (nSPS) is 10.4. The zero-order valence-electron chi connectivity index (χ0n) is 10.7. The third-order valence-corrected chi connectivity index (χ3v) is 4.04. The second-order valence-electron chi connectivity index (χ2n) is 4.12. The summed E-state index contributed by atoms with van der Waals surface area (Å²) >= 11 is 7.12. The van der Waals surface area contributed by atoms with Crippen molar-refractivity contribution < 1.29 is 13.6 Å². The van der Waals surface area contributed by atoms with Gasteiger partial charge in [-0.15, -0.1) is 11.8 Å². The molecule has 0 spiro atoms. The minimum Gasteiger partial charge on any atom is -0.399 e. The highest BCUT2D eigenvalue weighted by atomic mass is 35.5. The first-order valence-electron chi connectivity index (χ1n) is 5.89. The fraction of sp³-hybridized carbons (Fsp3) is 0.0714. The van der Waals surface area contributed by atoms with Gasteiger partial charge in [0.2, 0.25) is 5.91 Å². The Kier molecular flexibility index (Phi) is 5.03. The van der Waals surface area contributed by atoms with Gasteiger partial charge in [-0.3, -0.25) is 4.79 Å². The van der Waals surface area contributed by atoms with E-state index in [2.05, 4.69) is 5.32 Å². The molecule has 2 aromatic rings. The number of benzene rings is 2. The molecular weight excluding hydrogens is 318 g/mol. The van der Waals surface area contributed by atoms with E-state index in [-0.39, 0.29) is 5.75 Å². The van der Waals surface area contributed by atoms with Gasteiger partial charge in [-0.05, 0) is 30.3 Å². The van der Waals surface area contributed by atoms with Crippen molar-refractivity contribution in [3.8, 4) is 0 Å². The summed E-state index contributed by atoms with van der Waals surface area (Å²) in [5, 5.41) is 2.62. The first kappa shape index (κ1) is 15.6. The Labute approximate surface area is 129 Å². The van der Waals surface area contributed by atoms with E-state index >= 15 is 0 Å². The largest absolute Gasteiger partial charge is 0.399 e. The predicted molar refractivity (Wildman–Crippen MR) is 81.6 cm³/mol. The van der Waals surface area contributed by atoms with Gasteiger partial charge < -0.3 is 11.1 Å². The minimum atomic E-state index is -0.820. The molecule has 3 N–H and O–H groups in total. The number of nitrogen functional groups attached to an aromatic ring is 1. The van der Waals surface area contributed by atoms with Crippen LogP contribution >= 0.6 is 23.4 Å². The Morgan fingerprint density at radius 3 is 2.52 bits per heavy atom. The quantitative estimate of drug-likeness (QED) is 0.660. The summed E-state index contributed by atoms with van der Waals surface area (Å²) in [5.74, 6) is -2.20. The van der Waals surface area contributed by atoms with Crippen LogP contribution in [0.25, 0.3) is 0 Å². The molecule has 0 aromatic heterocycles. The van der Waals surface area contributed by atoms with Gasteiger partial charge in [0.15, 0.2) is 0 Å². The van der Waals surface area contributed by atoms with E-state index in [1.165, 1.54) is 6.07 Å². The molecule has 0 heterocycles. The molecule has 2 aromatic carbocycles. The van der Waals surface area contributed by atoms with E-state index in [9.17, 15) is 13.6 Å². The fourth-order valence-electron chi connectivity index (χ4n) is 1.57. The Bertz CT molecular complexity index is 662. The highest BCUT2D eigenvalue weighted by molar-refractivity contribution is 8.00. The fourth-order valence-corrected chi connectivity index (χ4v) is 2.64. The Balaban J connectivity index is 1.99. The second-order valence-corrected chi connectivity index (χ2v) is 5.55. The van der Waals surface area contributed by atoms with Crippen molar-refractivity contribution in [3.63, 3.8) is 0 Å². The van der Waals surface area contributed by atoms with Crippen LogP contribution < -0.4 is 11.1 Å². The number of amides is 1. The van der Waals surface area contributed by atoms with Crippen LogP contribution in [0.5, 0.6) is 0 Å². The van der Waals surface area contributed by atoms with Crippen molar-refractivity contribution in [2.75, 3.05) is 16.8 Å². The molecule has 0 fully saturated rings. The number of nitrogens with two attached hydrogens (primary N) is 1.